The Morgan fingerprint density at radius 2 is 2.20 bits per heavy atom. The summed E-state index contributed by atoms with van der Waals surface area (Å²) in [5.74, 6) is 2.59. The Hall–Kier alpha value is -1.81. The fourth-order valence-electron chi connectivity index (χ4n) is 2.91. The number of nitrogen functional groups attached to an aromatic ring is 1. The molecule has 106 valence electrons. The lowest BCUT2D eigenvalue weighted by Gasteiger charge is -2.20. The number of methoxy groups -OCH3 is 1. The summed E-state index contributed by atoms with van der Waals surface area (Å²) in [6, 6.07) is 8.18. The Morgan fingerprint density at radius 1 is 1.40 bits per heavy atom. The summed E-state index contributed by atoms with van der Waals surface area (Å²) in [4.78, 5) is 4.80. The van der Waals surface area contributed by atoms with Crippen molar-refractivity contribution < 1.29 is 4.74 Å². The molecule has 2 N–H and O–H groups in total. The van der Waals surface area contributed by atoms with E-state index in [0.717, 1.165) is 41.4 Å². The van der Waals surface area contributed by atoms with E-state index >= 15 is 0 Å². The first-order chi connectivity index (χ1) is 9.70. The number of imidazole rings is 1. The van der Waals surface area contributed by atoms with Crippen molar-refractivity contribution in [3.8, 4) is 11.3 Å². The van der Waals surface area contributed by atoms with Crippen molar-refractivity contribution >= 4 is 5.82 Å². The first-order valence-electron chi connectivity index (χ1n) is 7.12. The molecule has 1 unspecified atom stereocenters. The summed E-state index contributed by atoms with van der Waals surface area (Å²) in [6.07, 6.45) is 2.18. The van der Waals surface area contributed by atoms with E-state index in [1.54, 1.807) is 7.11 Å². The Kier molecular flexibility index (Phi) is 3.49. The van der Waals surface area contributed by atoms with Gasteiger partial charge in [0.25, 0.3) is 0 Å². The van der Waals surface area contributed by atoms with Crippen LogP contribution in [0.5, 0.6) is 0 Å². The second-order valence-electron chi connectivity index (χ2n) is 5.60. The number of fused-ring (bicyclic) bond motifs is 1. The maximum absolute atomic E-state index is 6.33. The maximum Gasteiger partial charge on any atom is 0.131 e. The van der Waals surface area contributed by atoms with Crippen LogP contribution in [0.15, 0.2) is 24.3 Å². The molecular weight excluding hydrogens is 250 g/mol. The van der Waals surface area contributed by atoms with Crippen molar-refractivity contribution in [1.29, 1.82) is 0 Å². The molecule has 2 heterocycles. The highest BCUT2D eigenvalue weighted by Crippen LogP contribution is 2.32. The number of benzene rings is 1. The van der Waals surface area contributed by atoms with Gasteiger partial charge in [0.05, 0.1) is 6.61 Å². The number of anilines is 1. The van der Waals surface area contributed by atoms with Gasteiger partial charge in [0, 0.05) is 25.6 Å². The molecule has 2 aromatic rings. The molecule has 1 aromatic heterocycles. The van der Waals surface area contributed by atoms with Crippen molar-refractivity contribution in [2.45, 2.75) is 32.9 Å². The van der Waals surface area contributed by atoms with Crippen molar-refractivity contribution in [3.05, 3.63) is 35.7 Å². The lowest BCUT2D eigenvalue weighted by atomic mass is 10.0. The molecule has 1 aliphatic rings. The van der Waals surface area contributed by atoms with Crippen LogP contribution >= 0.6 is 0 Å². The fourth-order valence-corrected chi connectivity index (χ4v) is 2.91. The molecular formula is C16H21N3O. The van der Waals surface area contributed by atoms with Gasteiger partial charge in [-0.15, -0.1) is 0 Å². The van der Waals surface area contributed by atoms with Crippen LogP contribution in [0.4, 0.5) is 5.82 Å². The summed E-state index contributed by atoms with van der Waals surface area (Å²) >= 11 is 0. The van der Waals surface area contributed by atoms with Gasteiger partial charge >= 0.3 is 0 Å². The molecule has 1 aromatic carbocycles. The minimum atomic E-state index is 0.578. The van der Waals surface area contributed by atoms with E-state index in [-0.39, 0.29) is 0 Å². The van der Waals surface area contributed by atoms with Crippen LogP contribution in [0.3, 0.4) is 0 Å². The van der Waals surface area contributed by atoms with E-state index in [2.05, 4.69) is 23.6 Å². The van der Waals surface area contributed by atoms with Gasteiger partial charge in [-0.2, -0.15) is 0 Å². The first kappa shape index (κ1) is 13.2. The third kappa shape index (κ3) is 2.20. The Balaban J connectivity index is 2.07. The van der Waals surface area contributed by atoms with E-state index in [1.807, 2.05) is 12.1 Å². The molecule has 1 aliphatic heterocycles. The van der Waals surface area contributed by atoms with Gasteiger partial charge in [-0.25, -0.2) is 4.98 Å². The van der Waals surface area contributed by atoms with Gasteiger partial charge in [-0.3, -0.25) is 0 Å². The Morgan fingerprint density at radius 3 is 3.00 bits per heavy atom. The molecule has 1 atom stereocenters. The van der Waals surface area contributed by atoms with Crippen LogP contribution < -0.4 is 5.73 Å². The van der Waals surface area contributed by atoms with Crippen LogP contribution in [0, 0.1) is 5.92 Å². The Bertz CT molecular complexity index is 618. The zero-order valence-electron chi connectivity index (χ0n) is 12.1. The topological polar surface area (TPSA) is 53.1 Å². The molecule has 0 amide bonds. The van der Waals surface area contributed by atoms with E-state index in [4.69, 9.17) is 15.5 Å². The highest BCUT2D eigenvalue weighted by atomic mass is 16.5. The summed E-state index contributed by atoms with van der Waals surface area (Å²) < 4.78 is 7.44. The predicted octanol–water partition coefficient (Wildman–Crippen LogP) is 2.86. The third-order valence-corrected chi connectivity index (χ3v) is 4.03. The van der Waals surface area contributed by atoms with Gasteiger partial charge in [0.1, 0.15) is 17.3 Å². The highest BCUT2D eigenvalue weighted by molar-refractivity contribution is 5.73. The first-order valence-corrected chi connectivity index (χ1v) is 7.12. The minimum absolute atomic E-state index is 0.578. The van der Waals surface area contributed by atoms with Crippen molar-refractivity contribution in [3.63, 3.8) is 0 Å². The lowest BCUT2D eigenvalue weighted by molar-refractivity contribution is 0.185. The van der Waals surface area contributed by atoms with Gasteiger partial charge in [-0.05, 0) is 17.9 Å². The predicted molar refractivity (Wildman–Crippen MR) is 80.3 cm³/mol. The van der Waals surface area contributed by atoms with Crippen LogP contribution in [-0.2, 0) is 24.3 Å². The average Bonchev–Trinajstić information content (AvgIpc) is 2.76. The van der Waals surface area contributed by atoms with E-state index in [9.17, 15) is 0 Å². The third-order valence-electron chi connectivity index (χ3n) is 4.03. The SMILES string of the molecule is COCc1ccccc1-c1nc2n(c1N)CCC(C)C2. The average molecular weight is 271 g/mol. The van der Waals surface area contributed by atoms with Crippen molar-refractivity contribution in [1.82, 2.24) is 9.55 Å². The summed E-state index contributed by atoms with van der Waals surface area (Å²) in [5.41, 5.74) is 9.45. The zero-order chi connectivity index (χ0) is 14.1. The van der Waals surface area contributed by atoms with Gasteiger partial charge in [0.2, 0.25) is 0 Å². The highest BCUT2D eigenvalue weighted by Gasteiger charge is 2.23. The molecule has 4 nitrogen and oxygen atoms in total. The number of nitrogens with zero attached hydrogens (tertiary/aromatic N) is 2. The largest absolute Gasteiger partial charge is 0.383 e. The number of nitrogens with two attached hydrogens (primary N) is 1. The molecule has 0 spiro atoms. The zero-order valence-corrected chi connectivity index (χ0v) is 12.1. The lowest BCUT2D eigenvalue weighted by Crippen LogP contribution is -2.18. The number of hydrogen-bond acceptors (Lipinski definition) is 3. The number of ether oxygens (including phenoxy) is 1. The molecule has 0 radical (unpaired) electrons. The molecule has 20 heavy (non-hydrogen) atoms. The van der Waals surface area contributed by atoms with Gasteiger partial charge in [-0.1, -0.05) is 31.2 Å². The molecule has 0 aliphatic carbocycles. The smallest absolute Gasteiger partial charge is 0.131 e. The van der Waals surface area contributed by atoms with Gasteiger partial charge < -0.3 is 15.0 Å². The maximum atomic E-state index is 6.33. The standard InChI is InChI=1S/C16H21N3O/c1-11-7-8-19-14(9-11)18-15(16(19)17)13-6-4-3-5-12(13)10-20-2/h3-6,11H,7-10,17H2,1-2H3. The van der Waals surface area contributed by atoms with Crippen molar-refractivity contribution in [2.24, 2.45) is 5.92 Å². The molecule has 0 saturated carbocycles. The number of rotatable bonds is 3. The normalized spacial score (nSPS) is 18.0. The van der Waals surface area contributed by atoms with Crippen molar-refractivity contribution in [2.75, 3.05) is 12.8 Å². The quantitative estimate of drug-likeness (QED) is 0.934. The second-order valence-corrected chi connectivity index (χ2v) is 5.60. The molecule has 0 saturated heterocycles. The van der Waals surface area contributed by atoms with Crippen LogP contribution in [0.1, 0.15) is 24.7 Å². The van der Waals surface area contributed by atoms with Gasteiger partial charge in [0.15, 0.2) is 0 Å². The van der Waals surface area contributed by atoms with E-state index in [1.165, 1.54) is 6.42 Å². The second kappa shape index (κ2) is 5.29. The minimum Gasteiger partial charge on any atom is -0.383 e. The van der Waals surface area contributed by atoms with Crippen LogP contribution in [0.2, 0.25) is 0 Å². The van der Waals surface area contributed by atoms with E-state index < -0.39 is 0 Å². The van der Waals surface area contributed by atoms with E-state index in [0.29, 0.717) is 12.5 Å². The monoisotopic (exact) mass is 271 g/mol. The summed E-state index contributed by atoms with van der Waals surface area (Å²) in [7, 11) is 1.71. The number of aromatic nitrogens is 2. The fraction of sp³-hybridized carbons (Fsp3) is 0.438. The summed E-state index contributed by atoms with van der Waals surface area (Å²) in [5, 5.41) is 0. The molecule has 3 rings (SSSR count). The van der Waals surface area contributed by atoms with Crippen LogP contribution in [0.25, 0.3) is 11.3 Å². The Labute approximate surface area is 119 Å². The number of hydrogen-bond donors (Lipinski definition) is 1. The summed E-state index contributed by atoms with van der Waals surface area (Å²) in [6.45, 7) is 3.82. The molecule has 4 heteroatoms. The van der Waals surface area contributed by atoms with Crippen LogP contribution in [-0.4, -0.2) is 16.7 Å². The molecule has 0 fully saturated rings. The molecule has 0 bridgehead atoms.